The molecule has 0 radical (unpaired) electrons. The zero-order valence-electron chi connectivity index (χ0n) is 16.8. The lowest BCUT2D eigenvalue weighted by Gasteiger charge is -2.13. The van der Waals surface area contributed by atoms with E-state index in [0.29, 0.717) is 24.2 Å². The molecule has 0 aliphatic heterocycles. The fraction of sp³-hybridized carbons (Fsp3) is 0.130. The molecule has 0 aliphatic rings. The fourth-order valence-electron chi connectivity index (χ4n) is 3.10. The molecular formula is C23H22N2O5S. The largest absolute Gasteiger partial charge is 0.478 e. The lowest BCUT2D eigenvalue weighted by molar-refractivity contribution is -0.114. The second kappa shape index (κ2) is 9.44. The molecule has 160 valence electrons. The third-order valence-electron chi connectivity index (χ3n) is 4.60. The molecule has 8 heteroatoms. The SMILES string of the molecule is CC(=O)Nc1ccc(S(=O)(=O)Nc2ccccc2CCc2cccc(C(=O)O)c2)cc1. The third kappa shape index (κ3) is 5.93. The Morgan fingerprint density at radius 1 is 0.903 bits per heavy atom. The van der Waals surface area contributed by atoms with Crippen molar-refractivity contribution in [3.63, 3.8) is 0 Å². The number of para-hydroxylation sites is 1. The molecule has 0 fully saturated rings. The number of carboxylic acid groups (broad SMARTS) is 1. The van der Waals surface area contributed by atoms with Gasteiger partial charge in [0.25, 0.3) is 10.0 Å². The number of carbonyl (C=O) groups is 2. The predicted octanol–water partition coefficient (Wildman–Crippen LogP) is 3.93. The van der Waals surface area contributed by atoms with E-state index in [4.69, 9.17) is 5.11 Å². The van der Waals surface area contributed by atoms with Crippen molar-refractivity contribution >= 4 is 33.3 Å². The van der Waals surface area contributed by atoms with Crippen molar-refractivity contribution in [2.75, 3.05) is 10.0 Å². The third-order valence-corrected chi connectivity index (χ3v) is 5.99. The Kier molecular flexibility index (Phi) is 6.71. The highest BCUT2D eigenvalue weighted by Gasteiger charge is 2.16. The highest BCUT2D eigenvalue weighted by molar-refractivity contribution is 7.92. The first kappa shape index (κ1) is 22.0. The standard InChI is InChI=1S/C23H22N2O5S/c1-16(26)24-20-11-13-21(14-12-20)31(29,30)25-22-8-3-2-6-18(22)10-9-17-5-4-7-19(15-17)23(27)28/h2-8,11-15,25H,9-10H2,1H3,(H,24,26)(H,27,28). The number of carbonyl (C=O) groups excluding carboxylic acids is 1. The summed E-state index contributed by atoms with van der Waals surface area (Å²) in [5.41, 5.74) is 2.83. The monoisotopic (exact) mass is 438 g/mol. The molecule has 7 nitrogen and oxygen atoms in total. The van der Waals surface area contributed by atoms with Crippen LogP contribution in [-0.2, 0) is 27.7 Å². The van der Waals surface area contributed by atoms with Crippen molar-refractivity contribution in [3.05, 3.63) is 89.5 Å². The van der Waals surface area contributed by atoms with Crippen molar-refractivity contribution in [2.45, 2.75) is 24.7 Å². The highest BCUT2D eigenvalue weighted by Crippen LogP contribution is 2.23. The van der Waals surface area contributed by atoms with Crippen LogP contribution in [0.25, 0.3) is 0 Å². The summed E-state index contributed by atoms with van der Waals surface area (Å²) in [5, 5.41) is 11.7. The second-order valence-corrected chi connectivity index (χ2v) is 8.66. The van der Waals surface area contributed by atoms with Gasteiger partial charge in [-0.1, -0.05) is 30.3 Å². The maximum absolute atomic E-state index is 12.8. The molecule has 3 aromatic carbocycles. The zero-order chi connectivity index (χ0) is 22.4. The summed E-state index contributed by atoms with van der Waals surface area (Å²) in [4.78, 5) is 22.3. The zero-order valence-corrected chi connectivity index (χ0v) is 17.6. The number of amides is 1. The number of benzene rings is 3. The fourth-order valence-corrected chi connectivity index (χ4v) is 4.20. The normalized spacial score (nSPS) is 11.0. The van der Waals surface area contributed by atoms with E-state index in [0.717, 1.165) is 11.1 Å². The number of aromatic carboxylic acids is 1. The molecule has 3 N–H and O–H groups in total. The van der Waals surface area contributed by atoms with Crippen LogP contribution in [0, 0.1) is 0 Å². The van der Waals surface area contributed by atoms with E-state index in [9.17, 15) is 18.0 Å². The minimum absolute atomic E-state index is 0.0746. The Morgan fingerprint density at radius 3 is 2.29 bits per heavy atom. The van der Waals surface area contributed by atoms with Crippen LogP contribution in [0.3, 0.4) is 0 Å². The first-order valence-corrected chi connectivity index (χ1v) is 11.0. The summed E-state index contributed by atoms with van der Waals surface area (Å²) in [6, 6.07) is 19.7. The number of sulfonamides is 1. The average molecular weight is 439 g/mol. The lowest BCUT2D eigenvalue weighted by Crippen LogP contribution is -2.14. The number of hydrogen-bond acceptors (Lipinski definition) is 4. The number of hydrogen-bond donors (Lipinski definition) is 3. The minimum Gasteiger partial charge on any atom is -0.478 e. The summed E-state index contributed by atoms with van der Waals surface area (Å²) < 4.78 is 28.3. The summed E-state index contributed by atoms with van der Waals surface area (Å²) in [6.07, 6.45) is 1.09. The summed E-state index contributed by atoms with van der Waals surface area (Å²) in [5.74, 6) is -1.23. The maximum Gasteiger partial charge on any atom is 0.335 e. The molecule has 0 saturated carbocycles. The predicted molar refractivity (Wildman–Crippen MR) is 119 cm³/mol. The van der Waals surface area contributed by atoms with Gasteiger partial charge in [0.2, 0.25) is 5.91 Å². The molecular weight excluding hydrogens is 416 g/mol. The van der Waals surface area contributed by atoms with Crippen LogP contribution in [0.5, 0.6) is 0 Å². The first-order valence-electron chi connectivity index (χ1n) is 9.55. The van der Waals surface area contributed by atoms with Crippen molar-refractivity contribution < 1.29 is 23.1 Å². The molecule has 3 rings (SSSR count). The number of carboxylic acids is 1. The minimum atomic E-state index is -3.82. The van der Waals surface area contributed by atoms with Gasteiger partial charge in [-0.05, 0) is 66.4 Å². The first-order chi connectivity index (χ1) is 14.7. The number of nitrogens with one attached hydrogen (secondary N) is 2. The Balaban J connectivity index is 1.76. The quantitative estimate of drug-likeness (QED) is 0.493. The van der Waals surface area contributed by atoms with Crippen LogP contribution in [-0.4, -0.2) is 25.4 Å². The van der Waals surface area contributed by atoms with E-state index in [2.05, 4.69) is 10.0 Å². The summed E-state index contributed by atoms with van der Waals surface area (Å²) in [7, 11) is -3.82. The molecule has 31 heavy (non-hydrogen) atoms. The molecule has 0 aliphatic carbocycles. The summed E-state index contributed by atoms with van der Waals surface area (Å²) >= 11 is 0. The second-order valence-electron chi connectivity index (χ2n) is 6.97. The number of rotatable bonds is 8. The van der Waals surface area contributed by atoms with Crippen LogP contribution in [0.4, 0.5) is 11.4 Å². The molecule has 0 unspecified atom stereocenters. The average Bonchev–Trinajstić information content (AvgIpc) is 2.73. The van der Waals surface area contributed by atoms with E-state index >= 15 is 0 Å². The van der Waals surface area contributed by atoms with E-state index < -0.39 is 16.0 Å². The van der Waals surface area contributed by atoms with E-state index in [-0.39, 0.29) is 16.4 Å². The Bertz CT molecular complexity index is 1200. The molecule has 0 saturated heterocycles. The Hall–Kier alpha value is -3.65. The van der Waals surface area contributed by atoms with Crippen LogP contribution in [0.2, 0.25) is 0 Å². The molecule has 0 atom stereocenters. The van der Waals surface area contributed by atoms with Gasteiger partial charge in [-0.25, -0.2) is 13.2 Å². The number of aryl methyl sites for hydroxylation is 2. The van der Waals surface area contributed by atoms with E-state index in [1.807, 2.05) is 18.2 Å². The summed E-state index contributed by atoms with van der Waals surface area (Å²) in [6.45, 7) is 1.38. The van der Waals surface area contributed by atoms with Crippen LogP contribution in [0.15, 0.2) is 77.7 Å². The van der Waals surface area contributed by atoms with Crippen LogP contribution in [0.1, 0.15) is 28.4 Å². The molecule has 0 bridgehead atoms. The smallest absolute Gasteiger partial charge is 0.335 e. The van der Waals surface area contributed by atoms with Crippen molar-refractivity contribution in [1.29, 1.82) is 0 Å². The molecule has 1 amide bonds. The van der Waals surface area contributed by atoms with Crippen LogP contribution < -0.4 is 10.0 Å². The van der Waals surface area contributed by atoms with Gasteiger partial charge in [0, 0.05) is 12.6 Å². The van der Waals surface area contributed by atoms with Gasteiger partial charge in [-0.2, -0.15) is 0 Å². The van der Waals surface area contributed by atoms with Crippen LogP contribution >= 0.6 is 0 Å². The molecule has 0 aromatic heterocycles. The highest BCUT2D eigenvalue weighted by atomic mass is 32.2. The van der Waals surface area contributed by atoms with Gasteiger partial charge in [-0.15, -0.1) is 0 Å². The van der Waals surface area contributed by atoms with Gasteiger partial charge < -0.3 is 10.4 Å². The van der Waals surface area contributed by atoms with Gasteiger partial charge in [-0.3, -0.25) is 9.52 Å². The van der Waals surface area contributed by atoms with E-state index in [1.165, 1.54) is 37.3 Å². The molecule has 3 aromatic rings. The Morgan fingerprint density at radius 2 is 1.61 bits per heavy atom. The molecule has 0 heterocycles. The lowest BCUT2D eigenvalue weighted by atomic mass is 10.0. The molecule has 0 spiro atoms. The van der Waals surface area contributed by atoms with Gasteiger partial charge >= 0.3 is 5.97 Å². The van der Waals surface area contributed by atoms with Crippen molar-refractivity contribution in [3.8, 4) is 0 Å². The van der Waals surface area contributed by atoms with Crippen molar-refractivity contribution in [2.24, 2.45) is 0 Å². The van der Waals surface area contributed by atoms with Crippen molar-refractivity contribution in [1.82, 2.24) is 0 Å². The maximum atomic E-state index is 12.8. The Labute approximate surface area is 180 Å². The van der Waals surface area contributed by atoms with Gasteiger partial charge in [0.05, 0.1) is 16.1 Å². The van der Waals surface area contributed by atoms with E-state index in [1.54, 1.807) is 24.3 Å². The van der Waals surface area contributed by atoms with Gasteiger partial charge in [0.15, 0.2) is 0 Å². The van der Waals surface area contributed by atoms with Gasteiger partial charge in [0.1, 0.15) is 0 Å². The topological polar surface area (TPSA) is 113 Å². The number of anilines is 2.